The first-order valence-corrected chi connectivity index (χ1v) is 16.3. The summed E-state index contributed by atoms with van der Waals surface area (Å²) in [5.41, 5.74) is -1.25. The summed E-state index contributed by atoms with van der Waals surface area (Å²) in [7, 11) is -0.232. The first kappa shape index (κ1) is 32.9. The molecule has 0 bridgehead atoms. The minimum atomic E-state index is -4.67. The van der Waals surface area contributed by atoms with Crippen LogP contribution in [0.5, 0.6) is 0 Å². The summed E-state index contributed by atoms with van der Waals surface area (Å²) in [5.74, 6) is 0.660. The van der Waals surface area contributed by atoms with Crippen LogP contribution in [0.25, 0.3) is 11.1 Å². The van der Waals surface area contributed by atoms with Crippen molar-refractivity contribution >= 4 is 51.2 Å². The molecule has 2 aromatic rings. The Kier molecular flexibility index (Phi) is 11.3. The molecule has 7 nitrogen and oxygen atoms in total. The number of rotatable bonds is 7. The Morgan fingerprint density at radius 1 is 1.27 bits per heavy atom. The van der Waals surface area contributed by atoms with E-state index in [0.29, 0.717) is 24.5 Å². The van der Waals surface area contributed by atoms with Crippen LogP contribution in [0.2, 0.25) is 5.02 Å². The van der Waals surface area contributed by atoms with Crippen molar-refractivity contribution in [3.8, 4) is 17.3 Å². The summed E-state index contributed by atoms with van der Waals surface area (Å²) in [6, 6.07) is 9.26. The van der Waals surface area contributed by atoms with E-state index in [1.165, 1.54) is 6.07 Å². The van der Waals surface area contributed by atoms with Gasteiger partial charge in [0.15, 0.2) is 22.1 Å². The van der Waals surface area contributed by atoms with Crippen LogP contribution in [0.15, 0.2) is 46.3 Å². The first-order valence-electron chi connectivity index (χ1n) is 12.9. The van der Waals surface area contributed by atoms with Gasteiger partial charge in [-0.05, 0) is 81.8 Å². The molecule has 0 spiro atoms. The van der Waals surface area contributed by atoms with E-state index in [0.717, 1.165) is 35.6 Å². The molecule has 1 fully saturated rings. The van der Waals surface area contributed by atoms with E-state index in [9.17, 15) is 18.0 Å². The number of aliphatic imine (C=N–C) groups is 1. The molecule has 1 aliphatic rings. The number of carbonyl (C=O) groups is 1. The summed E-state index contributed by atoms with van der Waals surface area (Å²) >= 11 is 7.47. The van der Waals surface area contributed by atoms with Crippen LogP contribution in [0.3, 0.4) is 0 Å². The van der Waals surface area contributed by atoms with E-state index in [1.807, 2.05) is 32.9 Å². The van der Waals surface area contributed by atoms with E-state index < -0.39 is 17.3 Å². The Morgan fingerprint density at radius 2 is 1.95 bits per heavy atom. The fourth-order valence-corrected chi connectivity index (χ4v) is 6.25. The Balaban J connectivity index is 1.72. The molecular weight excluding hydrogens is 595 g/mol. The largest absolute Gasteiger partial charge is 0.444 e. The fourth-order valence-electron chi connectivity index (χ4n) is 4.39. The van der Waals surface area contributed by atoms with Gasteiger partial charge < -0.3 is 9.64 Å². The second-order valence-corrected chi connectivity index (χ2v) is 13.7. The number of thioether (sulfide) groups is 1. The zero-order chi connectivity index (χ0) is 30.4. The number of nitrogens with one attached hydrogen (secondary N) is 2. The minimum absolute atomic E-state index is 0.0107. The summed E-state index contributed by atoms with van der Waals surface area (Å²) in [6.45, 7) is 6.85. The molecule has 2 aromatic carbocycles. The first-order chi connectivity index (χ1) is 19.2. The highest BCUT2D eigenvalue weighted by Gasteiger charge is 2.36. The number of amidine groups is 1. The van der Waals surface area contributed by atoms with Crippen molar-refractivity contribution in [2.75, 3.05) is 31.5 Å². The van der Waals surface area contributed by atoms with Gasteiger partial charge in [0.25, 0.3) is 0 Å². The second kappa shape index (κ2) is 14.1. The number of hydrogen-bond acceptors (Lipinski definition) is 6. The van der Waals surface area contributed by atoms with Gasteiger partial charge in [-0.3, -0.25) is 10.6 Å². The highest BCUT2D eigenvalue weighted by Crippen LogP contribution is 2.43. The Bertz CT molecular complexity index is 1290. The Hall–Kier alpha value is -2.59. The smallest absolute Gasteiger partial charge is 0.417 e. The normalized spacial score (nSPS) is 16.8. The quantitative estimate of drug-likeness (QED) is 0.113. The van der Waals surface area contributed by atoms with E-state index in [4.69, 9.17) is 21.6 Å². The molecule has 0 saturated carbocycles. The third-order valence-electron chi connectivity index (χ3n) is 6.22. The van der Waals surface area contributed by atoms with E-state index in [1.54, 1.807) is 29.5 Å². The zero-order valence-electron chi connectivity index (χ0n) is 23.6. The maximum atomic E-state index is 14.1. The molecule has 13 heteroatoms. The van der Waals surface area contributed by atoms with Crippen LogP contribution in [-0.4, -0.2) is 59.3 Å². The van der Waals surface area contributed by atoms with Crippen molar-refractivity contribution in [3.63, 3.8) is 0 Å². The zero-order valence-corrected chi connectivity index (χ0v) is 26.0. The standard InChI is InChI=1S/C28H34ClF3N5O2S2/c1-27(2,3)39-26(38)37-12-6-7-20(37)15-34-17-41(5)21-10-8-18(9-11-21)24-22(28(30,31)32)13-19(14-23(24)29)36-25(40-4)35-16-33/h8-11,13-14,20,34H,6-7,12,15,17H2,1-5H3,(H,35,36)/q+1. The number of likely N-dealkylation sites (tertiary alicyclic amines) is 1. The van der Waals surface area contributed by atoms with Crippen LogP contribution < -0.4 is 10.6 Å². The number of halogens is 4. The van der Waals surface area contributed by atoms with Crippen molar-refractivity contribution in [1.29, 1.82) is 5.26 Å². The summed E-state index contributed by atoms with van der Waals surface area (Å²) in [5, 5.41) is 14.7. The SMILES string of the molecule is CSC(=Nc1cc(Cl)c(-c2ccc([S+](C)CNCC3CCCN3C(=O)OC(C)(C)C)cc2)c(C(F)(F)F)c1)NC#N. The molecule has 2 N–H and O–H groups in total. The van der Waals surface area contributed by atoms with Crippen molar-refractivity contribution in [2.45, 2.75) is 56.3 Å². The summed E-state index contributed by atoms with van der Waals surface area (Å²) in [6.07, 6.45) is 2.28. The second-order valence-electron chi connectivity index (χ2n) is 10.4. The monoisotopic (exact) mass is 628 g/mol. The highest BCUT2D eigenvalue weighted by atomic mass is 35.5. The molecule has 0 aliphatic carbocycles. The minimum Gasteiger partial charge on any atom is -0.444 e. The van der Waals surface area contributed by atoms with Crippen molar-refractivity contribution in [3.05, 3.63) is 47.0 Å². The number of ether oxygens (including phenoxy) is 1. The summed E-state index contributed by atoms with van der Waals surface area (Å²) < 4.78 is 47.8. The number of hydrogen-bond donors (Lipinski definition) is 2. The lowest BCUT2D eigenvalue weighted by atomic mass is 9.98. The van der Waals surface area contributed by atoms with E-state index in [-0.39, 0.29) is 44.5 Å². The molecule has 222 valence electrons. The lowest BCUT2D eigenvalue weighted by molar-refractivity contribution is -0.137. The number of carbonyl (C=O) groups excluding carboxylic acids is 1. The van der Waals surface area contributed by atoms with Crippen molar-refractivity contribution < 1.29 is 22.7 Å². The molecule has 2 atom stereocenters. The van der Waals surface area contributed by atoms with Gasteiger partial charge in [0, 0.05) is 35.6 Å². The molecule has 1 amide bonds. The average Bonchev–Trinajstić information content (AvgIpc) is 3.35. The van der Waals surface area contributed by atoms with Crippen molar-refractivity contribution in [1.82, 2.24) is 15.5 Å². The van der Waals surface area contributed by atoms with Gasteiger partial charge in [-0.25, -0.2) is 9.79 Å². The van der Waals surface area contributed by atoms with Gasteiger partial charge in [0.1, 0.15) is 11.9 Å². The molecule has 2 unspecified atom stereocenters. The molecule has 0 radical (unpaired) electrons. The predicted molar refractivity (Wildman–Crippen MR) is 162 cm³/mol. The molecule has 41 heavy (non-hydrogen) atoms. The van der Waals surface area contributed by atoms with Crippen LogP contribution in [0, 0.1) is 11.5 Å². The maximum absolute atomic E-state index is 14.1. The van der Waals surface area contributed by atoms with E-state index >= 15 is 0 Å². The average molecular weight is 629 g/mol. The number of nitriles is 1. The van der Waals surface area contributed by atoms with E-state index in [2.05, 4.69) is 21.9 Å². The van der Waals surface area contributed by atoms with Gasteiger partial charge in [-0.2, -0.15) is 18.4 Å². The predicted octanol–water partition coefficient (Wildman–Crippen LogP) is 7.00. The summed E-state index contributed by atoms with van der Waals surface area (Å²) in [4.78, 5) is 19.4. The van der Waals surface area contributed by atoms with Gasteiger partial charge in [-0.15, -0.1) is 0 Å². The van der Waals surface area contributed by atoms with Gasteiger partial charge in [0.05, 0.1) is 16.3 Å². The number of amides is 1. The third kappa shape index (κ3) is 9.20. The van der Waals surface area contributed by atoms with Gasteiger partial charge >= 0.3 is 12.3 Å². The molecule has 1 heterocycles. The number of nitrogens with zero attached hydrogens (tertiary/aromatic N) is 3. The van der Waals surface area contributed by atoms with Gasteiger partial charge in [0.2, 0.25) is 0 Å². The number of benzene rings is 2. The molecule has 3 rings (SSSR count). The van der Waals surface area contributed by atoms with Crippen molar-refractivity contribution in [2.24, 2.45) is 4.99 Å². The number of alkyl halides is 3. The topological polar surface area (TPSA) is 89.8 Å². The lowest BCUT2D eigenvalue weighted by Crippen LogP contribution is -2.44. The molecule has 0 aromatic heterocycles. The lowest BCUT2D eigenvalue weighted by Gasteiger charge is -2.28. The van der Waals surface area contributed by atoms with Gasteiger partial charge in [-0.1, -0.05) is 23.4 Å². The Labute approximate surface area is 251 Å². The maximum Gasteiger partial charge on any atom is 0.417 e. The third-order valence-corrected chi connectivity index (χ3v) is 8.81. The highest BCUT2D eigenvalue weighted by molar-refractivity contribution is 8.13. The van der Waals surface area contributed by atoms with Crippen LogP contribution in [0.4, 0.5) is 23.7 Å². The fraction of sp³-hybridized carbons (Fsp3) is 0.464. The molecule has 1 saturated heterocycles. The Morgan fingerprint density at radius 3 is 2.54 bits per heavy atom. The molecular formula is C28H34ClF3N5O2S2+. The molecule has 1 aliphatic heterocycles. The van der Waals surface area contributed by atoms with Crippen LogP contribution in [-0.2, 0) is 21.8 Å². The van der Waals surface area contributed by atoms with Crippen LogP contribution >= 0.6 is 23.4 Å². The van der Waals surface area contributed by atoms with Crippen LogP contribution in [0.1, 0.15) is 39.2 Å².